The van der Waals surface area contributed by atoms with Crippen molar-refractivity contribution in [3.05, 3.63) is 18.2 Å². The van der Waals surface area contributed by atoms with Crippen LogP contribution in [0, 0.1) is 0 Å². The van der Waals surface area contributed by atoms with Crippen molar-refractivity contribution in [2.45, 2.75) is 50.4 Å². The molecule has 31 heavy (non-hydrogen) atoms. The van der Waals surface area contributed by atoms with Gasteiger partial charge < -0.3 is 42.0 Å². The van der Waals surface area contributed by atoms with Crippen molar-refractivity contribution in [3.63, 3.8) is 0 Å². The summed E-state index contributed by atoms with van der Waals surface area (Å²) in [7, 11) is 0. The fourth-order valence-electron chi connectivity index (χ4n) is 2.48. The highest BCUT2D eigenvalue weighted by Crippen LogP contribution is 2.03. The van der Waals surface area contributed by atoms with E-state index in [-0.39, 0.29) is 12.8 Å². The maximum atomic E-state index is 12.6. The van der Waals surface area contributed by atoms with Gasteiger partial charge in [-0.15, -0.1) is 0 Å². The highest BCUT2D eigenvalue weighted by molar-refractivity contribution is 5.94. The van der Waals surface area contributed by atoms with Gasteiger partial charge in [-0.3, -0.25) is 24.0 Å². The summed E-state index contributed by atoms with van der Waals surface area (Å²) < 4.78 is 0. The highest BCUT2D eigenvalue weighted by Gasteiger charge is 2.31. The molecule has 1 rings (SSSR count). The van der Waals surface area contributed by atoms with E-state index in [0.29, 0.717) is 5.69 Å². The van der Waals surface area contributed by atoms with Gasteiger partial charge in [-0.05, 0) is 13.3 Å². The number of carboxylic acids is 2. The summed E-state index contributed by atoms with van der Waals surface area (Å²) in [5, 5.41) is 33.9. The van der Waals surface area contributed by atoms with E-state index >= 15 is 0 Å². The fraction of sp³-hybridized carbons (Fsp3) is 0.529. The topological polar surface area (TPSA) is 237 Å². The maximum Gasteiger partial charge on any atom is 0.322 e. The third-order valence-corrected chi connectivity index (χ3v) is 4.09. The lowest BCUT2D eigenvalue weighted by atomic mass is 10.1. The van der Waals surface area contributed by atoms with Crippen LogP contribution in [0.1, 0.15) is 25.5 Å². The molecule has 0 spiro atoms. The monoisotopic (exact) mass is 442 g/mol. The normalized spacial score (nSPS) is 14.5. The van der Waals surface area contributed by atoms with Crippen LogP contribution in [0.15, 0.2) is 12.5 Å². The zero-order valence-electron chi connectivity index (χ0n) is 16.7. The van der Waals surface area contributed by atoms with Gasteiger partial charge in [-0.1, -0.05) is 0 Å². The molecule has 0 aliphatic carbocycles. The SMILES string of the molecule is CC(O)C(NC(=O)C(N)Cc1cnc[nH]1)C(=O)NC(CCC(=O)O)C(=O)NCC(=O)O. The summed E-state index contributed by atoms with van der Waals surface area (Å²) in [6.07, 6.45) is 0.732. The number of nitrogens with zero attached hydrogens (tertiary/aromatic N) is 1. The first-order valence-corrected chi connectivity index (χ1v) is 9.24. The molecule has 0 aromatic carbocycles. The van der Waals surface area contributed by atoms with Crippen LogP contribution in [0.5, 0.6) is 0 Å². The van der Waals surface area contributed by atoms with Crippen LogP contribution in [0.4, 0.5) is 0 Å². The average molecular weight is 442 g/mol. The molecule has 4 unspecified atom stereocenters. The number of carboxylic acid groups (broad SMARTS) is 2. The molecule has 1 heterocycles. The molecular formula is C17H26N6O8. The van der Waals surface area contributed by atoms with E-state index in [2.05, 4.69) is 20.6 Å². The van der Waals surface area contributed by atoms with E-state index < -0.39 is 66.9 Å². The van der Waals surface area contributed by atoms with Gasteiger partial charge in [0.15, 0.2) is 0 Å². The maximum absolute atomic E-state index is 12.6. The van der Waals surface area contributed by atoms with E-state index in [9.17, 15) is 29.1 Å². The quantitative estimate of drug-likeness (QED) is 0.151. The van der Waals surface area contributed by atoms with Crippen LogP contribution in [-0.2, 0) is 30.4 Å². The number of nitrogens with two attached hydrogens (primary N) is 1. The first-order chi connectivity index (χ1) is 14.5. The molecule has 3 amide bonds. The molecule has 0 fully saturated rings. The standard InChI is InChI=1S/C17H26N6O8/c1-8(24)14(23-15(29)10(18)4-9-5-19-7-21-9)17(31)22-11(2-3-12(25)26)16(30)20-6-13(27)28/h5,7-8,10-11,14,24H,2-4,6,18H2,1H3,(H,19,21)(H,20,30)(H,22,31)(H,23,29)(H,25,26)(H,27,28). The minimum absolute atomic E-state index is 0.0822. The number of aliphatic hydroxyl groups is 1. The second-order valence-electron chi connectivity index (χ2n) is 6.72. The molecule has 0 saturated carbocycles. The van der Waals surface area contributed by atoms with Crippen molar-refractivity contribution >= 4 is 29.7 Å². The summed E-state index contributed by atoms with van der Waals surface area (Å²) in [5.41, 5.74) is 6.37. The third kappa shape index (κ3) is 9.22. The zero-order chi connectivity index (χ0) is 23.6. The molecule has 0 saturated heterocycles. The number of nitrogens with one attached hydrogen (secondary N) is 4. The van der Waals surface area contributed by atoms with Gasteiger partial charge in [-0.2, -0.15) is 0 Å². The van der Waals surface area contributed by atoms with Crippen LogP contribution < -0.4 is 21.7 Å². The minimum Gasteiger partial charge on any atom is -0.481 e. The Morgan fingerprint density at radius 2 is 1.77 bits per heavy atom. The first kappa shape index (κ1) is 25.5. The molecular weight excluding hydrogens is 416 g/mol. The number of hydrogen-bond acceptors (Lipinski definition) is 8. The van der Waals surface area contributed by atoms with Crippen LogP contribution in [0.25, 0.3) is 0 Å². The molecule has 1 aromatic heterocycles. The second kappa shape index (κ2) is 12.2. The van der Waals surface area contributed by atoms with Crippen LogP contribution in [-0.4, -0.2) is 85.7 Å². The number of carbonyl (C=O) groups excluding carboxylic acids is 3. The van der Waals surface area contributed by atoms with E-state index in [1.807, 2.05) is 5.32 Å². The number of aliphatic hydroxyl groups excluding tert-OH is 1. The number of H-pyrrole nitrogens is 1. The lowest BCUT2D eigenvalue weighted by Gasteiger charge is -2.25. The number of amides is 3. The van der Waals surface area contributed by atoms with Crippen molar-refractivity contribution in [1.82, 2.24) is 25.9 Å². The first-order valence-electron chi connectivity index (χ1n) is 9.24. The Hall–Kier alpha value is -3.52. The summed E-state index contributed by atoms with van der Waals surface area (Å²) in [6, 6.07) is -3.98. The van der Waals surface area contributed by atoms with E-state index in [1.165, 1.54) is 19.4 Å². The molecule has 4 atom stereocenters. The number of aromatic amines is 1. The molecule has 0 aliphatic rings. The largest absolute Gasteiger partial charge is 0.481 e. The highest BCUT2D eigenvalue weighted by atomic mass is 16.4. The van der Waals surface area contributed by atoms with Gasteiger partial charge in [0, 0.05) is 24.7 Å². The molecule has 14 nitrogen and oxygen atoms in total. The van der Waals surface area contributed by atoms with E-state index in [1.54, 1.807) is 0 Å². The Labute approximate surface area is 176 Å². The Kier molecular flexibility index (Phi) is 10.1. The summed E-state index contributed by atoms with van der Waals surface area (Å²) >= 11 is 0. The third-order valence-electron chi connectivity index (χ3n) is 4.09. The Bertz CT molecular complexity index is 782. The average Bonchev–Trinajstić information content (AvgIpc) is 3.19. The number of aliphatic carboxylic acids is 2. The second-order valence-corrected chi connectivity index (χ2v) is 6.72. The van der Waals surface area contributed by atoms with Crippen molar-refractivity contribution in [3.8, 4) is 0 Å². The lowest BCUT2D eigenvalue weighted by molar-refractivity contribution is -0.140. The van der Waals surface area contributed by atoms with Crippen LogP contribution >= 0.6 is 0 Å². The minimum atomic E-state index is -1.50. The summed E-state index contributed by atoms with van der Waals surface area (Å²) in [5.74, 6) is -5.23. The van der Waals surface area contributed by atoms with Gasteiger partial charge >= 0.3 is 11.9 Å². The van der Waals surface area contributed by atoms with Crippen molar-refractivity contribution in [2.24, 2.45) is 5.73 Å². The van der Waals surface area contributed by atoms with Gasteiger partial charge in [-0.25, -0.2) is 4.98 Å². The van der Waals surface area contributed by atoms with Crippen molar-refractivity contribution < 1.29 is 39.3 Å². The Balaban J connectivity index is 2.81. The predicted molar refractivity (Wildman–Crippen MR) is 103 cm³/mol. The van der Waals surface area contributed by atoms with Crippen LogP contribution in [0.3, 0.4) is 0 Å². The van der Waals surface area contributed by atoms with Gasteiger partial charge in [0.2, 0.25) is 17.7 Å². The summed E-state index contributed by atoms with van der Waals surface area (Å²) in [4.78, 5) is 65.0. The van der Waals surface area contributed by atoms with E-state index in [0.717, 1.165) is 0 Å². The van der Waals surface area contributed by atoms with Crippen molar-refractivity contribution in [2.75, 3.05) is 6.54 Å². The van der Waals surface area contributed by atoms with Gasteiger partial charge in [0.1, 0.15) is 18.6 Å². The number of imidazole rings is 1. The molecule has 9 N–H and O–H groups in total. The fourth-order valence-corrected chi connectivity index (χ4v) is 2.48. The molecule has 0 bridgehead atoms. The molecule has 14 heteroatoms. The molecule has 0 aliphatic heterocycles. The van der Waals surface area contributed by atoms with Crippen LogP contribution in [0.2, 0.25) is 0 Å². The lowest BCUT2D eigenvalue weighted by Crippen LogP contribution is -2.59. The number of hydrogen-bond donors (Lipinski definition) is 8. The summed E-state index contributed by atoms with van der Waals surface area (Å²) in [6.45, 7) is 0.485. The smallest absolute Gasteiger partial charge is 0.322 e. The Morgan fingerprint density at radius 3 is 2.29 bits per heavy atom. The number of aromatic nitrogens is 2. The number of rotatable bonds is 13. The molecule has 172 valence electrons. The van der Waals surface area contributed by atoms with Crippen molar-refractivity contribution in [1.29, 1.82) is 0 Å². The van der Waals surface area contributed by atoms with E-state index in [4.69, 9.17) is 15.9 Å². The molecule has 0 radical (unpaired) electrons. The van der Waals surface area contributed by atoms with Gasteiger partial charge in [0.05, 0.1) is 18.5 Å². The number of carbonyl (C=O) groups is 5. The Morgan fingerprint density at radius 1 is 1.10 bits per heavy atom. The zero-order valence-corrected chi connectivity index (χ0v) is 16.7. The molecule has 1 aromatic rings. The van der Waals surface area contributed by atoms with Gasteiger partial charge in [0.25, 0.3) is 0 Å². The predicted octanol–water partition coefficient (Wildman–Crippen LogP) is -3.30.